The predicted molar refractivity (Wildman–Crippen MR) is 45.2 cm³/mol. The van der Waals surface area contributed by atoms with Crippen molar-refractivity contribution in [2.75, 3.05) is 33.8 Å². The van der Waals surface area contributed by atoms with Gasteiger partial charge in [-0.2, -0.15) is 5.06 Å². The molecule has 11 heavy (non-hydrogen) atoms. The fraction of sp³-hybridized carbons (Fsp3) is 1.00. The van der Waals surface area contributed by atoms with Crippen molar-refractivity contribution in [1.29, 1.82) is 0 Å². The summed E-state index contributed by atoms with van der Waals surface area (Å²) in [5.74, 6) is 1.53. The molecule has 0 saturated carbocycles. The SMILES string of the molecule is CON(C)C[C@@H]1CNC[C@H]1C. The second-order valence-corrected chi connectivity index (χ2v) is 3.39. The first-order valence-electron chi connectivity index (χ1n) is 4.20. The largest absolute Gasteiger partial charge is 0.316 e. The van der Waals surface area contributed by atoms with Crippen LogP contribution in [0.2, 0.25) is 0 Å². The maximum atomic E-state index is 5.07. The van der Waals surface area contributed by atoms with E-state index in [0.29, 0.717) is 0 Å². The quantitative estimate of drug-likeness (QED) is 0.599. The van der Waals surface area contributed by atoms with Gasteiger partial charge >= 0.3 is 0 Å². The van der Waals surface area contributed by atoms with Crippen molar-refractivity contribution >= 4 is 0 Å². The molecule has 0 aromatic rings. The van der Waals surface area contributed by atoms with Crippen LogP contribution < -0.4 is 5.32 Å². The Balaban J connectivity index is 2.24. The average Bonchev–Trinajstić information content (AvgIpc) is 2.37. The molecule has 1 rings (SSSR count). The van der Waals surface area contributed by atoms with Crippen LogP contribution in [0.1, 0.15) is 6.92 Å². The minimum atomic E-state index is 0.750. The first-order chi connectivity index (χ1) is 5.24. The number of rotatable bonds is 3. The summed E-state index contributed by atoms with van der Waals surface area (Å²) < 4.78 is 0. The van der Waals surface area contributed by atoms with Crippen LogP contribution in [0.25, 0.3) is 0 Å². The van der Waals surface area contributed by atoms with Crippen molar-refractivity contribution < 1.29 is 4.84 Å². The molecule has 1 aliphatic rings. The highest BCUT2D eigenvalue weighted by molar-refractivity contribution is 4.78. The highest BCUT2D eigenvalue weighted by Crippen LogP contribution is 2.16. The molecule has 1 N–H and O–H groups in total. The summed E-state index contributed by atoms with van der Waals surface area (Å²) in [4.78, 5) is 5.07. The summed E-state index contributed by atoms with van der Waals surface area (Å²) in [5.41, 5.74) is 0. The second-order valence-electron chi connectivity index (χ2n) is 3.39. The molecule has 0 radical (unpaired) electrons. The monoisotopic (exact) mass is 158 g/mol. The number of nitrogens with zero attached hydrogens (tertiary/aromatic N) is 1. The van der Waals surface area contributed by atoms with E-state index in [-0.39, 0.29) is 0 Å². The molecule has 0 aliphatic carbocycles. The van der Waals surface area contributed by atoms with E-state index in [1.807, 2.05) is 12.1 Å². The molecule has 1 saturated heterocycles. The van der Waals surface area contributed by atoms with Crippen LogP contribution in [-0.2, 0) is 4.84 Å². The summed E-state index contributed by atoms with van der Waals surface area (Å²) in [5, 5.41) is 5.27. The van der Waals surface area contributed by atoms with E-state index in [2.05, 4.69) is 12.2 Å². The Morgan fingerprint density at radius 1 is 1.55 bits per heavy atom. The van der Waals surface area contributed by atoms with Gasteiger partial charge in [-0.1, -0.05) is 6.92 Å². The van der Waals surface area contributed by atoms with Crippen molar-refractivity contribution in [3.63, 3.8) is 0 Å². The standard InChI is InChI=1S/C8H18N2O/c1-7-4-9-5-8(7)6-10(2)11-3/h7-9H,4-6H2,1-3H3/t7-,8+/m1/s1. The van der Waals surface area contributed by atoms with Gasteiger partial charge in [0.05, 0.1) is 7.11 Å². The third kappa shape index (κ3) is 2.43. The van der Waals surface area contributed by atoms with Gasteiger partial charge in [0.25, 0.3) is 0 Å². The third-order valence-corrected chi connectivity index (χ3v) is 2.48. The second kappa shape index (κ2) is 4.04. The van der Waals surface area contributed by atoms with Crippen LogP contribution in [-0.4, -0.2) is 38.9 Å². The summed E-state index contributed by atoms with van der Waals surface area (Å²) in [6, 6.07) is 0. The van der Waals surface area contributed by atoms with Gasteiger partial charge in [0.1, 0.15) is 0 Å². The first kappa shape index (κ1) is 8.97. The van der Waals surface area contributed by atoms with Gasteiger partial charge in [-0.25, -0.2) is 0 Å². The van der Waals surface area contributed by atoms with E-state index in [4.69, 9.17) is 4.84 Å². The highest BCUT2D eigenvalue weighted by Gasteiger charge is 2.23. The Morgan fingerprint density at radius 2 is 2.27 bits per heavy atom. The Labute approximate surface area is 68.7 Å². The lowest BCUT2D eigenvalue weighted by atomic mass is 9.98. The van der Waals surface area contributed by atoms with E-state index in [1.54, 1.807) is 7.11 Å². The smallest absolute Gasteiger partial charge is 0.0575 e. The molecular weight excluding hydrogens is 140 g/mol. The van der Waals surface area contributed by atoms with Gasteiger partial charge < -0.3 is 10.2 Å². The molecule has 3 nitrogen and oxygen atoms in total. The minimum absolute atomic E-state index is 0.750. The van der Waals surface area contributed by atoms with E-state index < -0.39 is 0 Å². The van der Waals surface area contributed by atoms with Gasteiger partial charge in [0, 0.05) is 13.6 Å². The minimum Gasteiger partial charge on any atom is -0.316 e. The molecule has 1 fully saturated rings. The zero-order chi connectivity index (χ0) is 8.27. The molecule has 0 aromatic carbocycles. The van der Waals surface area contributed by atoms with E-state index >= 15 is 0 Å². The third-order valence-electron chi connectivity index (χ3n) is 2.48. The Kier molecular flexibility index (Phi) is 3.30. The molecule has 3 heteroatoms. The van der Waals surface area contributed by atoms with Crippen LogP contribution >= 0.6 is 0 Å². The Hall–Kier alpha value is -0.120. The number of hydroxylamine groups is 2. The topological polar surface area (TPSA) is 24.5 Å². The molecule has 1 aliphatic heterocycles. The maximum Gasteiger partial charge on any atom is 0.0575 e. The van der Waals surface area contributed by atoms with Gasteiger partial charge in [0.2, 0.25) is 0 Å². The lowest BCUT2D eigenvalue weighted by Gasteiger charge is -2.20. The molecular formula is C8H18N2O. The molecule has 0 bridgehead atoms. The van der Waals surface area contributed by atoms with Gasteiger partial charge in [-0.3, -0.25) is 0 Å². The molecule has 66 valence electrons. The van der Waals surface area contributed by atoms with Crippen LogP contribution in [0.15, 0.2) is 0 Å². The summed E-state index contributed by atoms with van der Waals surface area (Å²) in [6.07, 6.45) is 0. The van der Waals surface area contributed by atoms with Crippen molar-refractivity contribution in [3.05, 3.63) is 0 Å². The van der Waals surface area contributed by atoms with Gasteiger partial charge in [-0.05, 0) is 24.9 Å². The molecule has 0 amide bonds. The van der Waals surface area contributed by atoms with E-state index in [0.717, 1.165) is 31.5 Å². The van der Waals surface area contributed by atoms with E-state index in [1.165, 1.54) is 0 Å². The molecule has 1 heterocycles. The lowest BCUT2D eigenvalue weighted by molar-refractivity contribution is -0.118. The molecule has 0 spiro atoms. The van der Waals surface area contributed by atoms with Crippen molar-refractivity contribution in [3.8, 4) is 0 Å². The number of nitrogens with one attached hydrogen (secondary N) is 1. The maximum absolute atomic E-state index is 5.07. The zero-order valence-corrected chi connectivity index (χ0v) is 7.63. The van der Waals surface area contributed by atoms with Gasteiger partial charge in [-0.15, -0.1) is 0 Å². The molecule has 0 aromatic heterocycles. The summed E-state index contributed by atoms with van der Waals surface area (Å²) >= 11 is 0. The van der Waals surface area contributed by atoms with Crippen LogP contribution in [0.5, 0.6) is 0 Å². The molecule has 2 atom stereocenters. The Bertz CT molecular complexity index is 119. The highest BCUT2D eigenvalue weighted by atomic mass is 16.7. The first-order valence-corrected chi connectivity index (χ1v) is 4.20. The predicted octanol–water partition coefficient (Wildman–Crippen LogP) is 0.335. The Morgan fingerprint density at radius 3 is 2.73 bits per heavy atom. The van der Waals surface area contributed by atoms with Crippen molar-refractivity contribution in [2.45, 2.75) is 6.92 Å². The van der Waals surface area contributed by atoms with Crippen molar-refractivity contribution in [1.82, 2.24) is 10.4 Å². The number of hydrogen-bond donors (Lipinski definition) is 1. The average molecular weight is 158 g/mol. The van der Waals surface area contributed by atoms with Crippen LogP contribution in [0.3, 0.4) is 0 Å². The summed E-state index contributed by atoms with van der Waals surface area (Å²) in [7, 11) is 3.69. The summed E-state index contributed by atoms with van der Waals surface area (Å²) in [6.45, 7) is 5.61. The fourth-order valence-electron chi connectivity index (χ4n) is 1.51. The number of hydrogen-bond acceptors (Lipinski definition) is 3. The van der Waals surface area contributed by atoms with Crippen LogP contribution in [0.4, 0.5) is 0 Å². The van der Waals surface area contributed by atoms with E-state index in [9.17, 15) is 0 Å². The fourth-order valence-corrected chi connectivity index (χ4v) is 1.51. The van der Waals surface area contributed by atoms with Gasteiger partial charge in [0.15, 0.2) is 0 Å². The molecule has 0 unspecified atom stereocenters. The zero-order valence-electron chi connectivity index (χ0n) is 7.63. The van der Waals surface area contributed by atoms with Crippen molar-refractivity contribution in [2.24, 2.45) is 11.8 Å². The van der Waals surface area contributed by atoms with Crippen LogP contribution in [0, 0.1) is 11.8 Å². The normalized spacial score (nSPS) is 31.6. The lowest BCUT2D eigenvalue weighted by Crippen LogP contribution is -2.28.